The highest BCUT2D eigenvalue weighted by Crippen LogP contribution is 2.29. The van der Waals surface area contributed by atoms with Gasteiger partial charge in [0.1, 0.15) is 10.8 Å². The maximum atomic E-state index is 12.3. The maximum Gasteiger partial charge on any atom is 0.274 e. The molecule has 5 nitrogen and oxygen atoms in total. The number of carbonyl (C=O) groups is 2. The summed E-state index contributed by atoms with van der Waals surface area (Å²) in [5, 5.41) is 3.43. The molecule has 0 radical (unpaired) electrons. The van der Waals surface area contributed by atoms with Crippen molar-refractivity contribution < 1.29 is 9.59 Å². The minimum atomic E-state index is -0.539. The molecule has 0 aliphatic rings. The van der Waals surface area contributed by atoms with Crippen LogP contribution in [-0.4, -0.2) is 35.3 Å². The zero-order valence-corrected chi connectivity index (χ0v) is 15.3. The third kappa shape index (κ3) is 4.51. The van der Waals surface area contributed by atoms with Gasteiger partial charge in [-0.05, 0) is 24.3 Å². The Kier molecular flexibility index (Phi) is 6.29. The van der Waals surface area contributed by atoms with Crippen LogP contribution in [0.1, 0.15) is 10.5 Å². The Hall–Kier alpha value is -1.53. The SMILES string of the molecule is CN(CC(=O)Nc1c(Cl)cccc1Cl)C(=O)c1nc(Cl)ccc1Cl. The van der Waals surface area contributed by atoms with Crippen LogP contribution in [0.3, 0.4) is 0 Å². The first-order chi connectivity index (χ1) is 11.3. The Labute approximate surface area is 158 Å². The number of benzene rings is 1. The van der Waals surface area contributed by atoms with Gasteiger partial charge in [-0.1, -0.05) is 52.5 Å². The molecule has 0 fully saturated rings. The number of likely N-dealkylation sites (N-methyl/N-ethyl adjacent to an activating group) is 1. The second-order valence-electron chi connectivity index (χ2n) is 4.77. The third-order valence-electron chi connectivity index (χ3n) is 2.97. The van der Waals surface area contributed by atoms with E-state index in [0.29, 0.717) is 10.0 Å². The van der Waals surface area contributed by atoms with E-state index in [1.54, 1.807) is 18.2 Å². The molecule has 0 saturated heterocycles. The summed E-state index contributed by atoms with van der Waals surface area (Å²) >= 11 is 23.7. The van der Waals surface area contributed by atoms with E-state index in [1.807, 2.05) is 0 Å². The van der Waals surface area contributed by atoms with E-state index < -0.39 is 11.8 Å². The van der Waals surface area contributed by atoms with Gasteiger partial charge in [-0.3, -0.25) is 9.59 Å². The number of hydrogen-bond donors (Lipinski definition) is 1. The lowest BCUT2D eigenvalue weighted by Crippen LogP contribution is -2.35. The lowest BCUT2D eigenvalue weighted by molar-refractivity contribution is -0.116. The zero-order chi connectivity index (χ0) is 17.9. The van der Waals surface area contributed by atoms with Crippen LogP contribution in [0.5, 0.6) is 0 Å². The van der Waals surface area contributed by atoms with E-state index in [1.165, 1.54) is 19.2 Å². The van der Waals surface area contributed by atoms with Crippen LogP contribution in [0, 0.1) is 0 Å². The average molecular weight is 407 g/mol. The topological polar surface area (TPSA) is 62.3 Å². The van der Waals surface area contributed by atoms with Gasteiger partial charge in [0.05, 0.1) is 27.3 Å². The number of aromatic nitrogens is 1. The van der Waals surface area contributed by atoms with Crippen molar-refractivity contribution in [3.05, 3.63) is 56.2 Å². The van der Waals surface area contributed by atoms with Crippen LogP contribution in [0.15, 0.2) is 30.3 Å². The molecule has 1 heterocycles. The molecule has 0 bridgehead atoms. The summed E-state index contributed by atoms with van der Waals surface area (Å²) in [7, 11) is 1.44. The number of halogens is 4. The van der Waals surface area contributed by atoms with Gasteiger partial charge in [0, 0.05) is 7.05 Å². The van der Waals surface area contributed by atoms with Gasteiger partial charge in [-0.25, -0.2) is 4.98 Å². The van der Waals surface area contributed by atoms with Crippen molar-refractivity contribution in [3.63, 3.8) is 0 Å². The van der Waals surface area contributed by atoms with Gasteiger partial charge >= 0.3 is 0 Å². The number of nitrogens with zero attached hydrogens (tertiary/aromatic N) is 2. The molecule has 0 spiro atoms. The molecule has 2 rings (SSSR count). The van der Waals surface area contributed by atoms with Crippen molar-refractivity contribution in [3.8, 4) is 0 Å². The molecular formula is C15H11Cl4N3O2. The fraction of sp³-hybridized carbons (Fsp3) is 0.133. The number of para-hydroxylation sites is 1. The number of hydrogen-bond acceptors (Lipinski definition) is 3. The number of pyridine rings is 1. The highest BCUT2D eigenvalue weighted by Gasteiger charge is 2.20. The molecule has 24 heavy (non-hydrogen) atoms. The molecule has 0 aliphatic heterocycles. The zero-order valence-electron chi connectivity index (χ0n) is 12.3. The van der Waals surface area contributed by atoms with Crippen LogP contribution < -0.4 is 5.32 Å². The van der Waals surface area contributed by atoms with Crippen molar-refractivity contribution >= 4 is 63.9 Å². The summed E-state index contributed by atoms with van der Waals surface area (Å²) in [6.07, 6.45) is 0. The van der Waals surface area contributed by atoms with E-state index >= 15 is 0 Å². The minimum Gasteiger partial charge on any atom is -0.331 e. The standard InChI is InChI=1S/C15H11Cl4N3O2/c1-22(15(24)14-10(18)5-6-11(19)20-14)7-12(23)21-13-8(16)3-2-4-9(13)17/h2-6H,7H2,1H3,(H,21,23). The fourth-order valence-corrected chi connectivity index (χ4v) is 2.66. The largest absolute Gasteiger partial charge is 0.331 e. The lowest BCUT2D eigenvalue weighted by atomic mass is 10.3. The van der Waals surface area contributed by atoms with Crippen LogP contribution >= 0.6 is 46.4 Å². The van der Waals surface area contributed by atoms with E-state index in [4.69, 9.17) is 46.4 Å². The van der Waals surface area contributed by atoms with Crippen LogP contribution in [-0.2, 0) is 4.79 Å². The van der Waals surface area contributed by atoms with Gasteiger partial charge in [0.2, 0.25) is 5.91 Å². The molecule has 1 aromatic carbocycles. The van der Waals surface area contributed by atoms with Crippen molar-refractivity contribution in [2.75, 3.05) is 18.9 Å². The number of rotatable bonds is 4. The Morgan fingerprint density at radius 1 is 1.04 bits per heavy atom. The maximum absolute atomic E-state index is 12.3. The number of amides is 2. The summed E-state index contributed by atoms with van der Waals surface area (Å²) in [6, 6.07) is 7.76. The summed E-state index contributed by atoms with van der Waals surface area (Å²) in [5.74, 6) is -1.01. The Balaban J connectivity index is 2.08. The summed E-state index contributed by atoms with van der Waals surface area (Å²) in [6.45, 7) is -0.245. The quantitative estimate of drug-likeness (QED) is 0.765. The van der Waals surface area contributed by atoms with E-state index in [9.17, 15) is 9.59 Å². The average Bonchev–Trinajstić information content (AvgIpc) is 2.52. The van der Waals surface area contributed by atoms with Crippen molar-refractivity contribution in [1.82, 2.24) is 9.88 Å². The van der Waals surface area contributed by atoms with Crippen molar-refractivity contribution in [2.24, 2.45) is 0 Å². The fourth-order valence-electron chi connectivity index (χ4n) is 1.83. The van der Waals surface area contributed by atoms with Gasteiger partial charge in [0.15, 0.2) is 0 Å². The van der Waals surface area contributed by atoms with Crippen LogP contribution in [0.4, 0.5) is 5.69 Å². The molecule has 2 amide bonds. The second kappa shape index (κ2) is 8.03. The molecule has 0 saturated carbocycles. The summed E-state index contributed by atoms with van der Waals surface area (Å²) < 4.78 is 0. The number of nitrogens with one attached hydrogen (secondary N) is 1. The van der Waals surface area contributed by atoms with E-state index in [2.05, 4.69) is 10.3 Å². The normalized spacial score (nSPS) is 10.4. The lowest BCUT2D eigenvalue weighted by Gasteiger charge is -2.17. The Bertz CT molecular complexity index is 778. The first-order valence-corrected chi connectivity index (χ1v) is 8.12. The predicted molar refractivity (Wildman–Crippen MR) is 96.3 cm³/mol. The van der Waals surface area contributed by atoms with Crippen LogP contribution in [0.2, 0.25) is 20.2 Å². The van der Waals surface area contributed by atoms with Crippen molar-refractivity contribution in [1.29, 1.82) is 0 Å². The Morgan fingerprint density at radius 3 is 2.29 bits per heavy atom. The third-order valence-corrected chi connectivity index (χ3v) is 4.11. The molecule has 1 N–H and O–H groups in total. The molecular weight excluding hydrogens is 396 g/mol. The van der Waals surface area contributed by atoms with Gasteiger partial charge in [0.25, 0.3) is 5.91 Å². The van der Waals surface area contributed by atoms with Gasteiger partial charge in [-0.15, -0.1) is 0 Å². The molecule has 0 aliphatic carbocycles. The molecule has 0 atom stereocenters. The highest BCUT2D eigenvalue weighted by molar-refractivity contribution is 6.39. The van der Waals surface area contributed by atoms with E-state index in [0.717, 1.165) is 4.90 Å². The van der Waals surface area contributed by atoms with E-state index in [-0.39, 0.29) is 28.1 Å². The molecule has 1 aromatic heterocycles. The smallest absolute Gasteiger partial charge is 0.274 e. The number of anilines is 1. The Morgan fingerprint density at radius 2 is 1.67 bits per heavy atom. The molecule has 126 valence electrons. The first kappa shape index (κ1) is 18.8. The van der Waals surface area contributed by atoms with Crippen molar-refractivity contribution in [2.45, 2.75) is 0 Å². The van der Waals surface area contributed by atoms with Gasteiger partial charge in [-0.2, -0.15) is 0 Å². The second-order valence-corrected chi connectivity index (χ2v) is 6.38. The highest BCUT2D eigenvalue weighted by atomic mass is 35.5. The van der Waals surface area contributed by atoms with Gasteiger partial charge < -0.3 is 10.2 Å². The summed E-state index contributed by atoms with van der Waals surface area (Å²) in [5.41, 5.74) is 0.251. The first-order valence-electron chi connectivity index (χ1n) is 6.61. The molecule has 9 heteroatoms. The summed E-state index contributed by atoms with van der Waals surface area (Å²) in [4.78, 5) is 29.5. The predicted octanol–water partition coefficient (Wildman–Crippen LogP) is 4.41. The monoisotopic (exact) mass is 405 g/mol. The van der Waals surface area contributed by atoms with Crippen LogP contribution in [0.25, 0.3) is 0 Å². The molecule has 0 unspecified atom stereocenters. The number of carbonyl (C=O) groups excluding carboxylic acids is 2. The molecule has 2 aromatic rings. The minimum absolute atomic E-state index is 0.0322.